The number of rotatable bonds is 7. The van der Waals surface area contributed by atoms with Gasteiger partial charge < -0.3 is 20.1 Å². The molecule has 0 radical (unpaired) electrons. The summed E-state index contributed by atoms with van der Waals surface area (Å²) < 4.78 is 5.87. The summed E-state index contributed by atoms with van der Waals surface area (Å²) in [7, 11) is 0. The van der Waals surface area contributed by atoms with E-state index in [1.807, 2.05) is 0 Å². The summed E-state index contributed by atoms with van der Waals surface area (Å²) in [6.07, 6.45) is 5.07. The van der Waals surface area contributed by atoms with Gasteiger partial charge in [0.25, 0.3) is 5.91 Å². The summed E-state index contributed by atoms with van der Waals surface area (Å²) >= 11 is 0. The van der Waals surface area contributed by atoms with Crippen LogP contribution in [0.25, 0.3) is 0 Å². The summed E-state index contributed by atoms with van der Waals surface area (Å²) in [4.78, 5) is 27.3. The van der Waals surface area contributed by atoms with Gasteiger partial charge in [-0.2, -0.15) is 0 Å². The fourth-order valence-electron chi connectivity index (χ4n) is 3.67. The van der Waals surface area contributed by atoms with Gasteiger partial charge in [0.2, 0.25) is 0 Å². The quantitative estimate of drug-likeness (QED) is 0.666. The fourth-order valence-corrected chi connectivity index (χ4v) is 3.67. The van der Waals surface area contributed by atoms with Gasteiger partial charge in [-0.15, -0.1) is 0 Å². The molecule has 0 aliphatic heterocycles. The minimum Gasteiger partial charge on any atom is -0.394 e. The van der Waals surface area contributed by atoms with Crippen LogP contribution in [0.3, 0.4) is 0 Å². The zero-order chi connectivity index (χ0) is 17.7. The summed E-state index contributed by atoms with van der Waals surface area (Å²) in [5.74, 6) is -0.268. The summed E-state index contributed by atoms with van der Waals surface area (Å²) in [6.45, 7) is 5.77. The molecule has 24 heavy (non-hydrogen) atoms. The first kappa shape index (κ1) is 18.7. The van der Waals surface area contributed by atoms with Crippen LogP contribution in [0.5, 0.6) is 0 Å². The molecule has 0 aromatic carbocycles. The Kier molecular flexibility index (Phi) is 6.18. The monoisotopic (exact) mass is 336 g/mol. The van der Waals surface area contributed by atoms with Crippen molar-refractivity contribution in [3.05, 3.63) is 22.5 Å². The van der Waals surface area contributed by atoms with Crippen LogP contribution >= 0.6 is 0 Å². The largest absolute Gasteiger partial charge is 0.394 e. The Morgan fingerprint density at radius 3 is 2.46 bits per heavy atom. The van der Waals surface area contributed by atoms with E-state index < -0.39 is 5.60 Å². The highest BCUT2D eigenvalue weighted by molar-refractivity contribution is 6.02. The Bertz CT molecular complexity index is 600. The van der Waals surface area contributed by atoms with Gasteiger partial charge in [0.05, 0.1) is 18.8 Å². The third-order valence-corrected chi connectivity index (χ3v) is 4.85. The Balaban J connectivity index is 2.08. The Hall–Kier alpha value is -1.66. The van der Waals surface area contributed by atoms with E-state index in [4.69, 9.17) is 9.84 Å². The van der Waals surface area contributed by atoms with Gasteiger partial charge in [-0.3, -0.25) is 9.59 Å². The highest BCUT2D eigenvalue weighted by Gasteiger charge is 2.33. The van der Waals surface area contributed by atoms with Gasteiger partial charge >= 0.3 is 0 Å². The molecule has 2 rings (SSSR count). The van der Waals surface area contributed by atoms with Crippen molar-refractivity contribution >= 4 is 11.7 Å². The molecule has 0 spiro atoms. The highest BCUT2D eigenvalue weighted by Crippen LogP contribution is 2.31. The molecule has 134 valence electrons. The molecule has 1 aromatic rings. The Morgan fingerprint density at radius 1 is 1.25 bits per heavy atom. The summed E-state index contributed by atoms with van der Waals surface area (Å²) in [5, 5.41) is 12.0. The molecule has 1 aromatic heterocycles. The zero-order valence-corrected chi connectivity index (χ0v) is 14.8. The number of ketones is 1. The Morgan fingerprint density at radius 2 is 1.92 bits per heavy atom. The molecule has 0 bridgehead atoms. The number of aryl methyl sites for hydroxylation is 1. The first-order valence-corrected chi connectivity index (χ1v) is 8.63. The van der Waals surface area contributed by atoms with E-state index in [2.05, 4.69) is 10.3 Å². The summed E-state index contributed by atoms with van der Waals surface area (Å²) in [6, 6.07) is 0. The van der Waals surface area contributed by atoms with Crippen LogP contribution in [0, 0.1) is 13.8 Å². The van der Waals surface area contributed by atoms with E-state index in [0.29, 0.717) is 29.1 Å². The topological polar surface area (TPSA) is 91.4 Å². The van der Waals surface area contributed by atoms with Gasteiger partial charge in [-0.25, -0.2) is 0 Å². The predicted molar refractivity (Wildman–Crippen MR) is 91.5 cm³/mol. The van der Waals surface area contributed by atoms with Crippen molar-refractivity contribution in [3.63, 3.8) is 0 Å². The first-order valence-electron chi connectivity index (χ1n) is 8.63. The van der Waals surface area contributed by atoms with Crippen LogP contribution in [0.2, 0.25) is 0 Å². The van der Waals surface area contributed by atoms with E-state index in [1.54, 1.807) is 13.8 Å². The maximum absolute atomic E-state index is 12.6. The van der Waals surface area contributed by atoms with Crippen molar-refractivity contribution in [2.24, 2.45) is 0 Å². The first-order chi connectivity index (χ1) is 11.4. The number of carbonyl (C=O) groups is 2. The lowest BCUT2D eigenvalue weighted by Crippen LogP contribution is -2.47. The van der Waals surface area contributed by atoms with E-state index in [1.165, 1.54) is 13.3 Å². The predicted octanol–water partition coefficient (Wildman–Crippen LogP) is 2.28. The van der Waals surface area contributed by atoms with Crippen molar-refractivity contribution in [2.45, 2.75) is 58.5 Å². The summed E-state index contributed by atoms with van der Waals surface area (Å²) in [5.41, 5.74) is 2.03. The molecular formula is C18H28N2O4. The van der Waals surface area contributed by atoms with Crippen LogP contribution in [-0.2, 0) is 4.74 Å². The third kappa shape index (κ3) is 4.05. The number of H-pyrrole nitrogens is 1. The van der Waals surface area contributed by atoms with Gasteiger partial charge in [0.15, 0.2) is 5.78 Å². The fraction of sp³-hybridized carbons (Fsp3) is 0.667. The smallest absolute Gasteiger partial charge is 0.268 e. The molecule has 1 aliphatic carbocycles. The second-order valence-corrected chi connectivity index (χ2v) is 6.68. The minimum absolute atomic E-state index is 0.0212. The molecule has 1 aliphatic rings. The molecule has 3 N–H and O–H groups in total. The lowest BCUT2D eigenvalue weighted by Gasteiger charge is -2.37. The lowest BCUT2D eigenvalue weighted by atomic mass is 9.84. The number of nitrogens with one attached hydrogen (secondary N) is 2. The molecule has 1 saturated carbocycles. The number of ether oxygens (including phenoxy) is 1. The van der Waals surface area contributed by atoms with Crippen molar-refractivity contribution in [3.8, 4) is 0 Å². The minimum atomic E-state index is -0.393. The number of aromatic nitrogens is 1. The second-order valence-electron chi connectivity index (χ2n) is 6.68. The molecule has 1 heterocycles. The lowest BCUT2D eigenvalue weighted by molar-refractivity contribution is -0.0773. The SMILES string of the molecule is CC(=O)c1c(C)[nH]c(C(=O)NCC2(OCCO)CCCCC2)c1C. The van der Waals surface area contributed by atoms with Gasteiger partial charge in [-0.05, 0) is 39.2 Å². The van der Waals surface area contributed by atoms with Crippen LogP contribution in [0.4, 0.5) is 0 Å². The van der Waals surface area contributed by atoms with E-state index >= 15 is 0 Å². The molecule has 1 fully saturated rings. The van der Waals surface area contributed by atoms with E-state index in [9.17, 15) is 9.59 Å². The number of carbonyl (C=O) groups excluding carboxylic acids is 2. The van der Waals surface area contributed by atoms with Crippen LogP contribution in [-0.4, -0.2) is 47.1 Å². The van der Waals surface area contributed by atoms with Crippen LogP contribution in [0.15, 0.2) is 0 Å². The van der Waals surface area contributed by atoms with Crippen molar-refractivity contribution < 1.29 is 19.4 Å². The number of amides is 1. The maximum Gasteiger partial charge on any atom is 0.268 e. The van der Waals surface area contributed by atoms with E-state index in [-0.39, 0.29) is 24.9 Å². The van der Waals surface area contributed by atoms with Gasteiger partial charge in [-0.1, -0.05) is 19.3 Å². The number of hydrogen-bond donors (Lipinski definition) is 3. The van der Waals surface area contributed by atoms with E-state index in [0.717, 1.165) is 25.7 Å². The molecule has 0 saturated heterocycles. The maximum atomic E-state index is 12.6. The van der Waals surface area contributed by atoms with Gasteiger partial charge in [0.1, 0.15) is 5.69 Å². The van der Waals surface area contributed by atoms with Crippen LogP contribution < -0.4 is 5.32 Å². The molecule has 6 heteroatoms. The number of aliphatic hydroxyl groups is 1. The number of Topliss-reactive ketones (excluding diaryl/α,β-unsaturated/α-hetero) is 1. The number of hydrogen-bond acceptors (Lipinski definition) is 4. The molecule has 6 nitrogen and oxygen atoms in total. The average molecular weight is 336 g/mol. The zero-order valence-electron chi connectivity index (χ0n) is 14.8. The molecule has 0 unspecified atom stereocenters. The van der Waals surface area contributed by atoms with Gasteiger partial charge in [0, 0.05) is 17.8 Å². The van der Waals surface area contributed by atoms with Crippen LogP contribution in [0.1, 0.15) is 71.1 Å². The normalized spacial score (nSPS) is 16.8. The van der Waals surface area contributed by atoms with Crippen molar-refractivity contribution in [2.75, 3.05) is 19.8 Å². The Labute approximate surface area is 143 Å². The molecule has 0 atom stereocenters. The standard InChI is InChI=1S/C18H28N2O4/c1-12-15(14(3)22)13(2)20-16(12)17(23)19-11-18(24-10-9-21)7-5-4-6-8-18/h20-21H,4-11H2,1-3H3,(H,19,23). The average Bonchev–Trinajstić information content (AvgIpc) is 2.86. The van der Waals surface area contributed by atoms with Crippen molar-refractivity contribution in [1.29, 1.82) is 0 Å². The molecular weight excluding hydrogens is 308 g/mol. The molecule has 1 amide bonds. The second kappa shape index (κ2) is 7.94. The highest BCUT2D eigenvalue weighted by atomic mass is 16.5. The number of aromatic amines is 1. The van der Waals surface area contributed by atoms with Crippen molar-refractivity contribution in [1.82, 2.24) is 10.3 Å². The number of aliphatic hydroxyl groups excluding tert-OH is 1. The third-order valence-electron chi connectivity index (χ3n) is 4.85.